The van der Waals surface area contributed by atoms with Crippen LogP contribution in [0, 0.1) is 26.6 Å². The highest BCUT2D eigenvalue weighted by Gasteiger charge is 2.20. The van der Waals surface area contributed by atoms with Crippen LogP contribution in [0.25, 0.3) is 0 Å². The second-order valence-electron chi connectivity index (χ2n) is 6.97. The van der Waals surface area contributed by atoms with E-state index < -0.39 is 17.6 Å². The molecule has 10 heteroatoms. The van der Waals surface area contributed by atoms with Gasteiger partial charge in [-0.3, -0.25) is 9.59 Å². The number of methoxy groups -OCH3 is 1. The van der Waals surface area contributed by atoms with Gasteiger partial charge in [-0.1, -0.05) is 0 Å². The molecule has 1 aromatic carbocycles. The van der Waals surface area contributed by atoms with Crippen LogP contribution < -0.4 is 20.7 Å². The van der Waals surface area contributed by atoms with E-state index in [1.165, 1.54) is 45.5 Å². The lowest BCUT2D eigenvalue weighted by molar-refractivity contribution is 0.0963. The number of carbonyl (C=O) groups is 2. The van der Waals surface area contributed by atoms with E-state index in [2.05, 4.69) is 30.9 Å². The molecule has 32 heavy (non-hydrogen) atoms. The number of pyridine rings is 1. The molecular weight excluding hydrogens is 415 g/mol. The number of anilines is 3. The third kappa shape index (κ3) is 4.80. The number of hydrogen-bond donors (Lipinski definition) is 3. The number of amides is 2. The van der Waals surface area contributed by atoms with Crippen LogP contribution in [-0.2, 0) is 0 Å². The first-order valence-electron chi connectivity index (χ1n) is 9.69. The summed E-state index contributed by atoms with van der Waals surface area (Å²) in [5.74, 6) is 0.0766. The van der Waals surface area contributed by atoms with Crippen molar-refractivity contribution in [2.24, 2.45) is 0 Å². The van der Waals surface area contributed by atoms with Crippen LogP contribution >= 0.6 is 0 Å². The molecule has 3 N–H and O–H groups in total. The minimum absolute atomic E-state index is 0.114. The molecule has 0 saturated carbocycles. The zero-order valence-corrected chi connectivity index (χ0v) is 18.3. The topological polar surface area (TPSA) is 118 Å². The van der Waals surface area contributed by atoms with Gasteiger partial charge in [0.1, 0.15) is 29.0 Å². The largest absolute Gasteiger partial charge is 0.496 e. The first kappa shape index (κ1) is 22.6. The monoisotopic (exact) mass is 438 g/mol. The van der Waals surface area contributed by atoms with Crippen LogP contribution in [0.3, 0.4) is 0 Å². The van der Waals surface area contributed by atoms with Crippen molar-refractivity contribution >= 4 is 29.1 Å². The van der Waals surface area contributed by atoms with E-state index in [0.717, 1.165) is 5.69 Å². The van der Waals surface area contributed by atoms with Crippen molar-refractivity contribution in [1.29, 1.82) is 0 Å². The second kappa shape index (κ2) is 9.38. The van der Waals surface area contributed by atoms with E-state index in [0.29, 0.717) is 17.5 Å². The minimum Gasteiger partial charge on any atom is -0.496 e. The van der Waals surface area contributed by atoms with E-state index in [1.807, 2.05) is 6.92 Å². The van der Waals surface area contributed by atoms with Gasteiger partial charge in [-0.2, -0.15) is 0 Å². The predicted molar refractivity (Wildman–Crippen MR) is 118 cm³/mol. The lowest BCUT2D eigenvalue weighted by Gasteiger charge is -2.15. The van der Waals surface area contributed by atoms with Gasteiger partial charge in [-0.05, 0) is 32.9 Å². The van der Waals surface area contributed by atoms with Crippen molar-refractivity contribution in [3.05, 3.63) is 64.5 Å². The minimum atomic E-state index is -0.569. The summed E-state index contributed by atoms with van der Waals surface area (Å²) in [6.45, 7) is 5.12. The SMILES string of the molecule is CNC(=O)c1cnc(Nc2cc(C)nc(C)n2)cc1NC(=O)c1ccc(F)c(C)c1OC. The summed E-state index contributed by atoms with van der Waals surface area (Å²) in [4.78, 5) is 38.1. The molecule has 0 spiro atoms. The number of benzene rings is 1. The van der Waals surface area contributed by atoms with Gasteiger partial charge < -0.3 is 20.7 Å². The Bertz CT molecular complexity index is 1180. The zero-order chi connectivity index (χ0) is 23.4. The summed E-state index contributed by atoms with van der Waals surface area (Å²) in [6.07, 6.45) is 1.34. The van der Waals surface area contributed by atoms with Crippen LogP contribution in [0.2, 0.25) is 0 Å². The molecule has 0 aliphatic heterocycles. The van der Waals surface area contributed by atoms with Gasteiger partial charge >= 0.3 is 0 Å². The molecule has 0 bridgehead atoms. The van der Waals surface area contributed by atoms with E-state index in [-0.39, 0.29) is 28.1 Å². The van der Waals surface area contributed by atoms with E-state index in [4.69, 9.17) is 4.74 Å². The average molecular weight is 438 g/mol. The van der Waals surface area contributed by atoms with Crippen LogP contribution in [0.1, 0.15) is 37.8 Å². The Morgan fingerprint density at radius 2 is 1.75 bits per heavy atom. The predicted octanol–water partition coefficient (Wildman–Crippen LogP) is 3.30. The lowest BCUT2D eigenvalue weighted by atomic mass is 10.1. The zero-order valence-electron chi connectivity index (χ0n) is 18.3. The van der Waals surface area contributed by atoms with Crippen LogP contribution in [0.15, 0.2) is 30.5 Å². The standard InChI is InChI=1S/C22H23FN6O3/c1-11-8-19(27-13(3)26-11)29-18-9-17(15(10-25-18)21(30)24-4)28-22(31)14-6-7-16(23)12(2)20(14)32-5/h6-10H,1-5H3,(H,24,30)(H2,25,26,27,28,29,31). The average Bonchev–Trinajstić information content (AvgIpc) is 2.74. The highest BCUT2D eigenvalue weighted by molar-refractivity contribution is 6.10. The molecule has 0 aliphatic carbocycles. The van der Waals surface area contributed by atoms with Crippen molar-refractivity contribution in [3.8, 4) is 5.75 Å². The number of hydrogen-bond acceptors (Lipinski definition) is 7. The Morgan fingerprint density at radius 3 is 2.41 bits per heavy atom. The van der Waals surface area contributed by atoms with Gasteiger partial charge in [-0.25, -0.2) is 19.3 Å². The summed E-state index contributed by atoms with van der Waals surface area (Å²) in [6, 6.07) is 5.76. The van der Waals surface area contributed by atoms with Crippen LogP contribution in [-0.4, -0.2) is 40.9 Å². The quantitative estimate of drug-likeness (QED) is 0.540. The number of ether oxygens (including phenoxy) is 1. The number of aromatic nitrogens is 3. The molecular formula is C22H23FN6O3. The van der Waals surface area contributed by atoms with Crippen molar-refractivity contribution < 1.29 is 18.7 Å². The smallest absolute Gasteiger partial charge is 0.259 e. The maximum absolute atomic E-state index is 13.9. The molecule has 9 nitrogen and oxygen atoms in total. The Balaban J connectivity index is 1.98. The molecule has 0 aliphatic rings. The summed E-state index contributed by atoms with van der Waals surface area (Å²) in [5.41, 5.74) is 1.47. The Hall–Kier alpha value is -4.08. The normalized spacial score (nSPS) is 10.4. The maximum Gasteiger partial charge on any atom is 0.259 e. The molecule has 0 fully saturated rings. The van der Waals surface area contributed by atoms with E-state index in [9.17, 15) is 14.0 Å². The third-order valence-electron chi connectivity index (χ3n) is 4.63. The Labute approximate surface area is 184 Å². The van der Waals surface area contributed by atoms with Crippen LogP contribution in [0.5, 0.6) is 5.75 Å². The van der Waals surface area contributed by atoms with Crippen molar-refractivity contribution in [2.45, 2.75) is 20.8 Å². The molecule has 3 rings (SSSR count). The van der Waals surface area contributed by atoms with Crippen molar-refractivity contribution in [2.75, 3.05) is 24.8 Å². The molecule has 0 radical (unpaired) electrons. The molecule has 2 amide bonds. The number of nitrogens with zero attached hydrogens (tertiary/aromatic N) is 3. The molecule has 3 aromatic rings. The summed E-state index contributed by atoms with van der Waals surface area (Å²) in [5, 5.41) is 8.25. The van der Waals surface area contributed by atoms with Gasteiger partial charge in [0.05, 0.1) is 23.9 Å². The number of aryl methyl sites for hydroxylation is 2. The number of rotatable bonds is 6. The van der Waals surface area contributed by atoms with E-state index >= 15 is 0 Å². The summed E-state index contributed by atoms with van der Waals surface area (Å²) < 4.78 is 19.1. The fourth-order valence-corrected chi connectivity index (χ4v) is 3.15. The first-order valence-corrected chi connectivity index (χ1v) is 9.69. The van der Waals surface area contributed by atoms with Crippen LogP contribution in [0.4, 0.5) is 21.7 Å². The number of carbonyl (C=O) groups excluding carboxylic acids is 2. The van der Waals surface area contributed by atoms with Gasteiger partial charge in [-0.15, -0.1) is 0 Å². The molecule has 0 atom stereocenters. The van der Waals surface area contributed by atoms with Gasteiger partial charge in [0.25, 0.3) is 11.8 Å². The van der Waals surface area contributed by atoms with Gasteiger partial charge in [0, 0.05) is 36.6 Å². The second-order valence-corrected chi connectivity index (χ2v) is 6.97. The number of nitrogens with one attached hydrogen (secondary N) is 3. The Morgan fingerprint density at radius 1 is 1.00 bits per heavy atom. The van der Waals surface area contributed by atoms with E-state index in [1.54, 1.807) is 13.0 Å². The highest BCUT2D eigenvalue weighted by Crippen LogP contribution is 2.28. The summed E-state index contributed by atoms with van der Waals surface area (Å²) in [7, 11) is 2.83. The fourth-order valence-electron chi connectivity index (χ4n) is 3.15. The van der Waals surface area contributed by atoms with Gasteiger partial charge in [0.2, 0.25) is 0 Å². The van der Waals surface area contributed by atoms with Crippen molar-refractivity contribution in [3.63, 3.8) is 0 Å². The molecule has 166 valence electrons. The Kier molecular flexibility index (Phi) is 6.62. The van der Waals surface area contributed by atoms with Crippen molar-refractivity contribution in [1.82, 2.24) is 20.3 Å². The molecule has 2 aromatic heterocycles. The molecule has 0 saturated heterocycles. The number of halogens is 1. The maximum atomic E-state index is 13.9. The highest BCUT2D eigenvalue weighted by atomic mass is 19.1. The molecule has 0 unspecified atom stereocenters. The van der Waals surface area contributed by atoms with Gasteiger partial charge in [0.15, 0.2) is 0 Å². The first-order chi connectivity index (χ1) is 15.2. The fraction of sp³-hybridized carbons (Fsp3) is 0.227. The summed E-state index contributed by atoms with van der Waals surface area (Å²) >= 11 is 0. The third-order valence-corrected chi connectivity index (χ3v) is 4.63. The molecule has 2 heterocycles. The lowest BCUT2D eigenvalue weighted by Crippen LogP contribution is -2.22.